The molecule has 0 bridgehead atoms. The molecule has 3 rings (SSSR count). The molecule has 6 nitrogen and oxygen atoms in total. The van der Waals surface area contributed by atoms with Crippen molar-refractivity contribution in [2.24, 2.45) is 4.99 Å². The Morgan fingerprint density at radius 2 is 1.97 bits per heavy atom. The topological polar surface area (TPSA) is 89.1 Å². The number of aliphatic hydroxyl groups is 1. The number of ether oxygens (including phenoxy) is 1. The molecule has 0 spiro atoms. The fraction of sp³-hybridized carbons (Fsp3) is 0.261. The molecule has 1 aliphatic rings. The zero-order chi connectivity index (χ0) is 24.2. The second-order valence-corrected chi connectivity index (χ2v) is 7.93. The van der Waals surface area contributed by atoms with Gasteiger partial charge in [-0.3, -0.25) is 4.79 Å². The summed E-state index contributed by atoms with van der Waals surface area (Å²) in [6, 6.07) is 7.70. The monoisotopic (exact) mass is 479 g/mol. The van der Waals surface area contributed by atoms with E-state index in [1.165, 1.54) is 30.3 Å². The average Bonchev–Trinajstić information content (AvgIpc) is 3.33. The minimum atomic E-state index is -4.49. The highest BCUT2D eigenvalue weighted by Gasteiger charge is 2.34. The quantitative estimate of drug-likeness (QED) is 0.500. The molecule has 0 radical (unpaired) electrons. The lowest BCUT2D eigenvalue weighted by Gasteiger charge is -2.07. The molecule has 1 N–H and O–H groups in total. The lowest BCUT2D eigenvalue weighted by atomic mass is 10.1. The molecule has 10 heteroatoms. The van der Waals surface area contributed by atoms with Crippen LogP contribution in [0, 0.1) is 0 Å². The first-order valence-electron chi connectivity index (χ1n) is 10.0. The fourth-order valence-electron chi connectivity index (χ4n) is 2.94. The van der Waals surface area contributed by atoms with Crippen molar-refractivity contribution >= 4 is 34.8 Å². The lowest BCUT2D eigenvalue weighted by Crippen LogP contribution is -2.14. The Kier molecular flexibility index (Phi) is 7.47. The zero-order valence-corrected chi connectivity index (χ0v) is 18.5. The third-order valence-corrected chi connectivity index (χ3v) is 5.45. The number of furan rings is 1. The number of hydrogen-bond acceptors (Lipinski definition) is 6. The van der Waals surface area contributed by atoms with Crippen molar-refractivity contribution in [3.05, 3.63) is 64.0 Å². The number of aliphatic hydroxyl groups excluding tert-OH is 1. The SMILES string of the molecule is CCCC(=O)N=C1S/C(=C\c2ccc(-c3cccc(C(F)(F)F)c3)o2)C(O)=C1C(=O)OCC. The van der Waals surface area contributed by atoms with E-state index >= 15 is 0 Å². The van der Waals surface area contributed by atoms with Gasteiger partial charge in [-0.15, -0.1) is 0 Å². The minimum Gasteiger partial charge on any atom is -0.506 e. The third-order valence-electron chi connectivity index (χ3n) is 4.43. The number of amides is 1. The molecule has 0 saturated carbocycles. The van der Waals surface area contributed by atoms with Gasteiger partial charge in [0, 0.05) is 12.0 Å². The van der Waals surface area contributed by atoms with Gasteiger partial charge in [0.2, 0.25) is 5.91 Å². The molecule has 1 aromatic carbocycles. The van der Waals surface area contributed by atoms with Gasteiger partial charge in [0.1, 0.15) is 27.9 Å². The van der Waals surface area contributed by atoms with Crippen LogP contribution < -0.4 is 0 Å². The van der Waals surface area contributed by atoms with Crippen molar-refractivity contribution in [3.63, 3.8) is 0 Å². The maximum absolute atomic E-state index is 13.0. The van der Waals surface area contributed by atoms with Crippen LogP contribution in [-0.2, 0) is 20.5 Å². The van der Waals surface area contributed by atoms with E-state index in [0.717, 1.165) is 23.9 Å². The molecule has 0 fully saturated rings. The number of benzene rings is 1. The van der Waals surface area contributed by atoms with Crippen molar-refractivity contribution in [1.29, 1.82) is 0 Å². The molecule has 0 atom stereocenters. The van der Waals surface area contributed by atoms with Gasteiger partial charge in [0.15, 0.2) is 0 Å². The Balaban J connectivity index is 1.94. The molecule has 0 unspecified atom stereocenters. The molecule has 1 aliphatic heterocycles. The number of carbonyl (C=O) groups is 2. The van der Waals surface area contributed by atoms with E-state index in [-0.39, 0.29) is 45.6 Å². The number of hydrogen-bond donors (Lipinski definition) is 1. The van der Waals surface area contributed by atoms with Crippen LogP contribution in [0.1, 0.15) is 38.0 Å². The highest BCUT2D eigenvalue weighted by atomic mass is 32.2. The maximum atomic E-state index is 13.0. The van der Waals surface area contributed by atoms with Crippen LogP contribution in [-0.4, -0.2) is 28.6 Å². The number of halogens is 3. The van der Waals surface area contributed by atoms with E-state index < -0.39 is 29.4 Å². The fourth-order valence-corrected chi connectivity index (χ4v) is 3.95. The molecular weight excluding hydrogens is 459 g/mol. The van der Waals surface area contributed by atoms with Crippen LogP contribution in [0.2, 0.25) is 0 Å². The number of aliphatic imine (C=N–C) groups is 1. The summed E-state index contributed by atoms with van der Waals surface area (Å²) in [5.74, 6) is -1.27. The third kappa shape index (κ3) is 5.75. The first-order chi connectivity index (χ1) is 15.6. The lowest BCUT2D eigenvalue weighted by molar-refractivity contribution is -0.138. The Bertz CT molecular complexity index is 1160. The van der Waals surface area contributed by atoms with Crippen molar-refractivity contribution in [3.8, 4) is 11.3 Å². The summed E-state index contributed by atoms with van der Waals surface area (Å²) in [4.78, 5) is 28.4. The number of nitrogens with zero attached hydrogens (tertiary/aromatic N) is 1. The summed E-state index contributed by atoms with van der Waals surface area (Å²) in [5.41, 5.74) is -0.796. The normalized spacial score (nSPS) is 16.6. The predicted molar refractivity (Wildman–Crippen MR) is 118 cm³/mol. The number of alkyl halides is 3. The maximum Gasteiger partial charge on any atom is 0.416 e. The molecular formula is C23H20F3NO5S. The van der Waals surface area contributed by atoms with E-state index in [4.69, 9.17) is 9.15 Å². The van der Waals surface area contributed by atoms with Crippen LogP contribution >= 0.6 is 11.8 Å². The second kappa shape index (κ2) is 10.1. The zero-order valence-electron chi connectivity index (χ0n) is 17.7. The van der Waals surface area contributed by atoms with Gasteiger partial charge in [-0.05, 0) is 43.7 Å². The largest absolute Gasteiger partial charge is 0.506 e. The summed E-state index contributed by atoms with van der Waals surface area (Å²) >= 11 is 0.898. The second-order valence-electron chi connectivity index (χ2n) is 6.90. The molecule has 1 amide bonds. The van der Waals surface area contributed by atoms with Gasteiger partial charge >= 0.3 is 12.1 Å². The molecule has 2 aromatic rings. The summed E-state index contributed by atoms with van der Waals surface area (Å²) in [5, 5.41) is 10.6. The molecule has 2 heterocycles. The van der Waals surface area contributed by atoms with Gasteiger partial charge in [0.25, 0.3) is 0 Å². The van der Waals surface area contributed by atoms with Gasteiger partial charge < -0.3 is 14.3 Å². The highest BCUT2D eigenvalue weighted by Crippen LogP contribution is 2.40. The van der Waals surface area contributed by atoms with Crippen molar-refractivity contribution in [2.75, 3.05) is 6.61 Å². The van der Waals surface area contributed by atoms with Crippen LogP contribution in [0.15, 0.2) is 62.0 Å². The number of rotatable bonds is 6. The molecule has 33 heavy (non-hydrogen) atoms. The predicted octanol–water partition coefficient (Wildman–Crippen LogP) is 6.15. The first-order valence-corrected chi connectivity index (χ1v) is 10.8. The first kappa shape index (κ1) is 24.4. The van der Waals surface area contributed by atoms with E-state index in [0.29, 0.717) is 6.42 Å². The minimum absolute atomic E-state index is 0.0142. The Morgan fingerprint density at radius 3 is 2.64 bits per heavy atom. The van der Waals surface area contributed by atoms with Gasteiger partial charge in [-0.2, -0.15) is 13.2 Å². The summed E-state index contributed by atoms with van der Waals surface area (Å²) in [6.45, 7) is 3.48. The van der Waals surface area contributed by atoms with E-state index in [2.05, 4.69) is 4.99 Å². The van der Waals surface area contributed by atoms with Crippen LogP contribution in [0.25, 0.3) is 17.4 Å². The summed E-state index contributed by atoms with van der Waals surface area (Å²) in [7, 11) is 0. The van der Waals surface area contributed by atoms with Gasteiger partial charge in [0.05, 0.1) is 17.1 Å². The van der Waals surface area contributed by atoms with Crippen molar-refractivity contribution in [2.45, 2.75) is 32.9 Å². The Hall–Kier alpha value is -3.27. The smallest absolute Gasteiger partial charge is 0.416 e. The summed E-state index contributed by atoms with van der Waals surface area (Å²) in [6.07, 6.45) is -2.33. The molecule has 0 saturated heterocycles. The standard InChI is InChI=1S/C23H20F3NO5S/c1-3-6-18(28)27-21-19(22(30)31-4-2)20(29)17(33-21)12-15-9-10-16(32-15)13-7-5-8-14(11-13)23(24,25)26/h5,7-12,29H,3-4,6H2,1-2H3/b17-12-,27-21?. The van der Waals surface area contributed by atoms with Crippen LogP contribution in [0.3, 0.4) is 0 Å². The van der Waals surface area contributed by atoms with Gasteiger partial charge in [-0.1, -0.05) is 30.8 Å². The Labute approximate surface area is 191 Å². The van der Waals surface area contributed by atoms with E-state index in [1.54, 1.807) is 6.92 Å². The van der Waals surface area contributed by atoms with Crippen molar-refractivity contribution < 1.29 is 37.0 Å². The number of thioether (sulfide) groups is 1. The van der Waals surface area contributed by atoms with E-state index in [1.807, 2.05) is 6.92 Å². The van der Waals surface area contributed by atoms with E-state index in [9.17, 15) is 27.9 Å². The van der Waals surface area contributed by atoms with Crippen molar-refractivity contribution in [1.82, 2.24) is 0 Å². The van der Waals surface area contributed by atoms with Crippen LogP contribution in [0.4, 0.5) is 13.2 Å². The number of esters is 1. The number of carbonyl (C=O) groups excluding carboxylic acids is 2. The summed E-state index contributed by atoms with van der Waals surface area (Å²) < 4.78 is 49.6. The molecule has 0 aliphatic carbocycles. The average molecular weight is 479 g/mol. The van der Waals surface area contributed by atoms with Crippen LogP contribution in [0.5, 0.6) is 0 Å². The molecule has 1 aromatic heterocycles. The molecule has 174 valence electrons. The highest BCUT2D eigenvalue weighted by molar-refractivity contribution is 8.18. The Morgan fingerprint density at radius 1 is 1.21 bits per heavy atom. The van der Waals surface area contributed by atoms with Gasteiger partial charge in [-0.25, -0.2) is 9.79 Å².